The minimum Gasteiger partial charge on any atom is -0.393 e. The largest absolute Gasteiger partial charge is 0.393 e. The van der Waals surface area contributed by atoms with Gasteiger partial charge in [-0.15, -0.1) is 0 Å². The molecule has 2 rings (SSSR count). The van der Waals surface area contributed by atoms with Crippen molar-refractivity contribution in [1.29, 1.82) is 0 Å². The van der Waals surface area contributed by atoms with Crippen LogP contribution in [0.25, 0.3) is 10.8 Å². The standard InChI is InChI=1S/C10H8.C4H10O2.C4H10O/c1-2-6-10-8-4-3-7-9(10)5-1;1-5-3-4-6-2;1-3-4(2)5/h1-8H;3-4H2,1-2H3;4-5H,3H2,1-2H3. The Morgan fingerprint density at radius 1 is 0.857 bits per heavy atom. The predicted molar refractivity (Wildman–Crippen MR) is 89.7 cm³/mol. The van der Waals surface area contributed by atoms with Crippen molar-refractivity contribution in [2.75, 3.05) is 27.4 Å². The average Bonchev–Trinajstić information content (AvgIpc) is 2.54. The highest BCUT2D eigenvalue weighted by Gasteiger charge is 1.85. The van der Waals surface area contributed by atoms with E-state index in [0.717, 1.165) is 6.42 Å². The fourth-order valence-electron chi connectivity index (χ4n) is 1.30. The molecule has 2 aromatic carbocycles. The lowest BCUT2D eigenvalue weighted by molar-refractivity contribution is 0.103. The van der Waals surface area contributed by atoms with Crippen molar-refractivity contribution < 1.29 is 14.6 Å². The summed E-state index contributed by atoms with van der Waals surface area (Å²) in [7, 11) is 3.30. The molecule has 1 N–H and O–H groups in total. The fraction of sp³-hybridized carbons (Fsp3) is 0.444. The lowest BCUT2D eigenvalue weighted by Gasteiger charge is -1.92. The smallest absolute Gasteiger partial charge is 0.0696 e. The van der Waals surface area contributed by atoms with E-state index in [1.54, 1.807) is 21.1 Å². The Balaban J connectivity index is 0.000000317. The minimum absolute atomic E-state index is 0.116. The van der Waals surface area contributed by atoms with Gasteiger partial charge in [-0.05, 0) is 24.1 Å². The highest BCUT2D eigenvalue weighted by Crippen LogP contribution is 2.11. The summed E-state index contributed by atoms with van der Waals surface area (Å²) in [5.74, 6) is 0. The molecule has 0 radical (unpaired) electrons. The molecule has 0 heterocycles. The fourth-order valence-corrected chi connectivity index (χ4v) is 1.30. The van der Waals surface area contributed by atoms with Crippen LogP contribution in [-0.2, 0) is 9.47 Å². The zero-order chi connectivity index (χ0) is 15.9. The van der Waals surface area contributed by atoms with Gasteiger partial charge in [-0.1, -0.05) is 55.5 Å². The predicted octanol–water partition coefficient (Wildman–Crippen LogP) is 3.90. The van der Waals surface area contributed by atoms with Crippen molar-refractivity contribution in [2.45, 2.75) is 26.4 Å². The molecule has 118 valence electrons. The van der Waals surface area contributed by atoms with Crippen LogP contribution < -0.4 is 0 Å². The molecule has 0 aliphatic heterocycles. The van der Waals surface area contributed by atoms with E-state index in [9.17, 15) is 0 Å². The summed E-state index contributed by atoms with van der Waals surface area (Å²) in [5.41, 5.74) is 0. The summed E-state index contributed by atoms with van der Waals surface area (Å²) >= 11 is 0. The van der Waals surface area contributed by atoms with E-state index < -0.39 is 0 Å². The topological polar surface area (TPSA) is 38.7 Å². The first-order chi connectivity index (χ1) is 10.2. The quantitative estimate of drug-likeness (QED) is 0.869. The second-order valence-corrected chi connectivity index (χ2v) is 4.59. The number of methoxy groups -OCH3 is 2. The van der Waals surface area contributed by atoms with Crippen LogP contribution in [0.3, 0.4) is 0 Å². The molecule has 0 aliphatic rings. The maximum absolute atomic E-state index is 8.36. The van der Waals surface area contributed by atoms with Crippen LogP contribution in [0, 0.1) is 0 Å². The highest BCUT2D eigenvalue weighted by molar-refractivity contribution is 5.81. The number of hydrogen-bond acceptors (Lipinski definition) is 3. The summed E-state index contributed by atoms with van der Waals surface area (Å²) in [5, 5.41) is 11.0. The van der Waals surface area contributed by atoms with E-state index in [-0.39, 0.29) is 6.10 Å². The molecule has 0 spiro atoms. The van der Waals surface area contributed by atoms with Crippen molar-refractivity contribution in [3.05, 3.63) is 48.5 Å². The molecular weight excluding hydrogens is 264 g/mol. The van der Waals surface area contributed by atoms with Gasteiger partial charge in [0.05, 0.1) is 19.3 Å². The van der Waals surface area contributed by atoms with Gasteiger partial charge in [-0.25, -0.2) is 0 Å². The van der Waals surface area contributed by atoms with Crippen LogP contribution in [-0.4, -0.2) is 38.6 Å². The van der Waals surface area contributed by atoms with E-state index in [0.29, 0.717) is 13.2 Å². The second-order valence-electron chi connectivity index (χ2n) is 4.59. The van der Waals surface area contributed by atoms with Gasteiger partial charge in [0.25, 0.3) is 0 Å². The molecule has 21 heavy (non-hydrogen) atoms. The number of aliphatic hydroxyl groups excluding tert-OH is 1. The van der Waals surface area contributed by atoms with Crippen LogP contribution in [0.4, 0.5) is 0 Å². The van der Waals surface area contributed by atoms with Crippen molar-refractivity contribution >= 4 is 10.8 Å². The van der Waals surface area contributed by atoms with E-state index >= 15 is 0 Å². The van der Waals surface area contributed by atoms with Gasteiger partial charge in [0, 0.05) is 14.2 Å². The van der Waals surface area contributed by atoms with Crippen LogP contribution in [0.1, 0.15) is 20.3 Å². The number of fused-ring (bicyclic) bond motifs is 1. The van der Waals surface area contributed by atoms with Crippen molar-refractivity contribution in [3.8, 4) is 0 Å². The molecular formula is C18H28O3. The van der Waals surface area contributed by atoms with Gasteiger partial charge >= 0.3 is 0 Å². The molecule has 0 saturated carbocycles. The summed E-state index contributed by atoms with van der Waals surface area (Å²) in [6, 6.07) is 16.7. The molecule has 0 aliphatic carbocycles. The first-order valence-electron chi connectivity index (χ1n) is 7.25. The van der Waals surface area contributed by atoms with Crippen LogP contribution >= 0.6 is 0 Å². The third kappa shape index (κ3) is 11.0. The monoisotopic (exact) mass is 292 g/mol. The van der Waals surface area contributed by atoms with Crippen molar-refractivity contribution in [1.82, 2.24) is 0 Å². The Bertz CT molecular complexity index is 385. The number of aliphatic hydroxyl groups is 1. The van der Waals surface area contributed by atoms with E-state index in [4.69, 9.17) is 5.11 Å². The van der Waals surface area contributed by atoms with Crippen molar-refractivity contribution in [2.24, 2.45) is 0 Å². The molecule has 0 saturated heterocycles. The molecule has 2 aromatic rings. The first kappa shape index (κ1) is 19.6. The first-order valence-corrected chi connectivity index (χ1v) is 7.25. The SMILES string of the molecule is CCC(C)O.COCCOC.c1ccc2ccccc2c1. The number of hydrogen-bond donors (Lipinski definition) is 1. The van der Waals surface area contributed by atoms with Gasteiger partial charge in [0.2, 0.25) is 0 Å². The molecule has 3 heteroatoms. The zero-order valence-electron chi connectivity index (χ0n) is 13.6. The molecule has 0 fully saturated rings. The molecule has 0 aromatic heterocycles. The minimum atomic E-state index is -0.116. The van der Waals surface area contributed by atoms with Gasteiger partial charge in [-0.2, -0.15) is 0 Å². The summed E-state index contributed by atoms with van der Waals surface area (Å²) < 4.78 is 9.31. The maximum atomic E-state index is 8.36. The Morgan fingerprint density at radius 3 is 1.33 bits per heavy atom. The summed E-state index contributed by atoms with van der Waals surface area (Å²) in [6.45, 7) is 5.11. The van der Waals surface area contributed by atoms with E-state index in [2.05, 4.69) is 58.0 Å². The highest BCUT2D eigenvalue weighted by atomic mass is 16.5. The molecule has 1 unspecified atom stereocenters. The Morgan fingerprint density at radius 2 is 1.14 bits per heavy atom. The normalized spacial score (nSPS) is 10.9. The number of ether oxygens (including phenoxy) is 2. The maximum Gasteiger partial charge on any atom is 0.0696 e. The Labute approximate surface area is 128 Å². The van der Waals surface area contributed by atoms with Crippen molar-refractivity contribution in [3.63, 3.8) is 0 Å². The zero-order valence-corrected chi connectivity index (χ0v) is 13.6. The van der Waals surface area contributed by atoms with E-state index in [1.165, 1.54) is 10.8 Å². The summed E-state index contributed by atoms with van der Waals surface area (Å²) in [4.78, 5) is 0. The van der Waals surface area contributed by atoms with Gasteiger partial charge in [0.1, 0.15) is 0 Å². The Kier molecular flexibility index (Phi) is 12.6. The number of rotatable bonds is 4. The summed E-state index contributed by atoms with van der Waals surface area (Å²) in [6.07, 6.45) is 0.745. The van der Waals surface area contributed by atoms with Crippen LogP contribution in [0.15, 0.2) is 48.5 Å². The molecule has 3 nitrogen and oxygen atoms in total. The average molecular weight is 292 g/mol. The lowest BCUT2D eigenvalue weighted by atomic mass is 10.1. The number of benzene rings is 2. The van der Waals surface area contributed by atoms with Gasteiger partial charge in [-0.3, -0.25) is 0 Å². The van der Waals surface area contributed by atoms with Gasteiger partial charge in [0.15, 0.2) is 0 Å². The van der Waals surface area contributed by atoms with Crippen LogP contribution in [0.5, 0.6) is 0 Å². The molecule has 1 atom stereocenters. The van der Waals surface area contributed by atoms with E-state index in [1.807, 2.05) is 6.92 Å². The Hall–Kier alpha value is -1.42. The third-order valence-corrected chi connectivity index (χ3v) is 2.74. The van der Waals surface area contributed by atoms with Gasteiger partial charge < -0.3 is 14.6 Å². The molecule has 0 amide bonds. The third-order valence-electron chi connectivity index (χ3n) is 2.74. The second kappa shape index (κ2) is 13.6. The lowest BCUT2D eigenvalue weighted by Crippen LogP contribution is -1.96. The molecule has 0 bridgehead atoms. The van der Waals surface area contributed by atoms with Crippen LogP contribution in [0.2, 0.25) is 0 Å².